The number of nitrogens with two attached hydrogens (primary N) is 1. The summed E-state index contributed by atoms with van der Waals surface area (Å²) >= 11 is 4.71. The van der Waals surface area contributed by atoms with E-state index < -0.39 is 0 Å². The number of phenols is 1. The van der Waals surface area contributed by atoms with E-state index in [1.54, 1.807) is 6.07 Å². The molecule has 0 unspecified atom stereocenters. The van der Waals surface area contributed by atoms with Crippen LogP contribution in [-0.4, -0.2) is 5.11 Å². The summed E-state index contributed by atoms with van der Waals surface area (Å²) in [5.74, 6) is 0.254. The van der Waals surface area contributed by atoms with Gasteiger partial charge in [0.05, 0.1) is 9.47 Å². The van der Waals surface area contributed by atoms with Gasteiger partial charge in [0.25, 0.3) is 0 Å². The van der Waals surface area contributed by atoms with Crippen LogP contribution in [0.3, 0.4) is 0 Å². The Labute approximate surface area is 81.8 Å². The first kappa shape index (κ1) is 7.89. The molecule has 1 heterocycles. The maximum absolute atomic E-state index is 9.35. The number of aromatic hydroxyl groups is 1. The number of halogens is 1. The van der Waals surface area contributed by atoms with Gasteiger partial charge < -0.3 is 10.8 Å². The molecule has 0 aliphatic carbocycles. The van der Waals surface area contributed by atoms with Crippen LogP contribution in [0.1, 0.15) is 0 Å². The Kier molecular flexibility index (Phi) is 1.73. The van der Waals surface area contributed by atoms with Crippen molar-refractivity contribution in [3.63, 3.8) is 0 Å². The quantitative estimate of drug-likeness (QED) is 0.748. The fourth-order valence-corrected chi connectivity index (χ4v) is 2.28. The van der Waals surface area contributed by atoms with Gasteiger partial charge in [-0.2, -0.15) is 0 Å². The third kappa shape index (κ3) is 1.17. The summed E-state index contributed by atoms with van der Waals surface area (Å²) in [7, 11) is 0. The van der Waals surface area contributed by atoms with Crippen molar-refractivity contribution < 1.29 is 5.11 Å². The van der Waals surface area contributed by atoms with Crippen LogP contribution in [-0.2, 0) is 0 Å². The van der Waals surface area contributed by atoms with Crippen LogP contribution in [0.2, 0.25) is 0 Å². The van der Waals surface area contributed by atoms with E-state index in [4.69, 9.17) is 5.73 Å². The zero-order chi connectivity index (χ0) is 8.72. The van der Waals surface area contributed by atoms with Gasteiger partial charge in [0.1, 0.15) is 5.75 Å². The van der Waals surface area contributed by atoms with Crippen LogP contribution < -0.4 is 5.73 Å². The van der Waals surface area contributed by atoms with Gasteiger partial charge in [0, 0.05) is 4.70 Å². The van der Waals surface area contributed by atoms with E-state index in [1.807, 2.05) is 12.1 Å². The molecule has 0 bridgehead atoms. The highest BCUT2D eigenvalue weighted by atomic mass is 79.9. The van der Waals surface area contributed by atoms with Crippen molar-refractivity contribution in [2.45, 2.75) is 0 Å². The lowest BCUT2D eigenvalue weighted by Gasteiger charge is -1.95. The minimum atomic E-state index is 0.254. The lowest BCUT2D eigenvalue weighted by Crippen LogP contribution is -1.72. The zero-order valence-electron chi connectivity index (χ0n) is 6.04. The van der Waals surface area contributed by atoms with E-state index in [0.29, 0.717) is 4.47 Å². The molecule has 62 valence electrons. The van der Waals surface area contributed by atoms with Gasteiger partial charge in [0.2, 0.25) is 0 Å². The first-order valence-electron chi connectivity index (χ1n) is 3.34. The Balaban J connectivity index is 2.83. The molecule has 0 fully saturated rings. The maximum Gasteiger partial charge on any atom is 0.131 e. The van der Waals surface area contributed by atoms with E-state index in [1.165, 1.54) is 11.3 Å². The van der Waals surface area contributed by atoms with Crippen molar-refractivity contribution in [1.82, 2.24) is 0 Å². The predicted molar refractivity (Wildman–Crippen MR) is 55.6 cm³/mol. The number of hydrogen-bond donors (Lipinski definition) is 2. The summed E-state index contributed by atoms with van der Waals surface area (Å²) in [6.07, 6.45) is 0. The van der Waals surface area contributed by atoms with Gasteiger partial charge >= 0.3 is 0 Å². The van der Waals surface area contributed by atoms with Gasteiger partial charge in [-0.05, 0) is 39.5 Å². The molecule has 3 N–H and O–H groups in total. The number of rotatable bonds is 0. The molecule has 0 aliphatic heterocycles. The maximum atomic E-state index is 9.35. The van der Waals surface area contributed by atoms with Crippen molar-refractivity contribution in [1.29, 1.82) is 0 Å². The van der Waals surface area contributed by atoms with Crippen LogP contribution in [0.15, 0.2) is 22.7 Å². The second kappa shape index (κ2) is 2.64. The Morgan fingerprint density at radius 2 is 2.08 bits per heavy atom. The van der Waals surface area contributed by atoms with Gasteiger partial charge in [-0.15, -0.1) is 11.3 Å². The van der Waals surface area contributed by atoms with E-state index in [9.17, 15) is 5.11 Å². The molecule has 1 aromatic heterocycles. The Bertz CT molecular complexity index is 399. The van der Waals surface area contributed by atoms with Gasteiger partial charge in [0.15, 0.2) is 0 Å². The second-order valence-electron chi connectivity index (χ2n) is 2.49. The molecule has 0 aliphatic rings. The van der Waals surface area contributed by atoms with Gasteiger partial charge in [-0.25, -0.2) is 0 Å². The monoisotopic (exact) mass is 243 g/mol. The minimum Gasteiger partial charge on any atom is -0.507 e. The highest BCUT2D eigenvalue weighted by Crippen LogP contribution is 2.34. The number of anilines is 1. The molecule has 1 aromatic carbocycles. The fourth-order valence-electron chi connectivity index (χ4n) is 1.07. The van der Waals surface area contributed by atoms with Crippen molar-refractivity contribution in [3.8, 4) is 5.75 Å². The average Bonchev–Trinajstić information content (AvgIpc) is 2.30. The molecule has 2 rings (SSSR count). The van der Waals surface area contributed by atoms with Crippen LogP contribution >= 0.6 is 27.3 Å². The van der Waals surface area contributed by atoms with E-state index in [2.05, 4.69) is 15.9 Å². The third-order valence-corrected chi connectivity index (χ3v) is 3.17. The summed E-state index contributed by atoms with van der Waals surface area (Å²) in [5, 5.41) is 11.2. The Morgan fingerprint density at radius 3 is 2.83 bits per heavy atom. The molecule has 4 heteroatoms. The van der Waals surface area contributed by atoms with Crippen LogP contribution in [0.4, 0.5) is 5.00 Å². The highest BCUT2D eigenvalue weighted by molar-refractivity contribution is 9.10. The standard InChI is InChI=1S/C8H6BrNOS/c9-5-1-4-2-8(10)12-7(4)3-6(5)11/h1-3,11H,10H2. The first-order chi connectivity index (χ1) is 5.66. The summed E-state index contributed by atoms with van der Waals surface area (Å²) < 4.78 is 1.71. The molecule has 0 saturated carbocycles. The Hall–Kier alpha value is -0.740. The molecule has 12 heavy (non-hydrogen) atoms. The highest BCUT2D eigenvalue weighted by Gasteiger charge is 2.03. The van der Waals surface area contributed by atoms with Crippen LogP contribution in [0, 0.1) is 0 Å². The molecule has 2 aromatic rings. The normalized spacial score (nSPS) is 10.8. The summed E-state index contributed by atoms with van der Waals surface area (Å²) in [4.78, 5) is 0. The largest absolute Gasteiger partial charge is 0.507 e. The minimum absolute atomic E-state index is 0.254. The molecule has 0 radical (unpaired) electrons. The van der Waals surface area contributed by atoms with Crippen molar-refractivity contribution in [2.24, 2.45) is 0 Å². The topological polar surface area (TPSA) is 46.2 Å². The smallest absolute Gasteiger partial charge is 0.131 e. The molecule has 0 saturated heterocycles. The molecule has 0 amide bonds. The number of phenolic OH excluding ortho intramolecular Hbond substituents is 1. The number of thiophene rings is 1. The molecular formula is C8H6BrNOS. The summed E-state index contributed by atoms with van der Waals surface area (Å²) in [5.41, 5.74) is 5.61. The van der Waals surface area contributed by atoms with Crippen LogP contribution in [0.25, 0.3) is 10.1 Å². The van der Waals surface area contributed by atoms with Gasteiger partial charge in [-0.1, -0.05) is 0 Å². The summed E-state index contributed by atoms with van der Waals surface area (Å²) in [6, 6.07) is 5.46. The van der Waals surface area contributed by atoms with Crippen molar-refractivity contribution >= 4 is 42.4 Å². The lowest BCUT2D eigenvalue weighted by atomic mass is 10.2. The fraction of sp³-hybridized carbons (Fsp3) is 0. The molecule has 2 nitrogen and oxygen atoms in total. The predicted octanol–water partition coefficient (Wildman–Crippen LogP) is 2.95. The van der Waals surface area contributed by atoms with Crippen molar-refractivity contribution in [3.05, 3.63) is 22.7 Å². The Morgan fingerprint density at radius 1 is 1.33 bits per heavy atom. The summed E-state index contributed by atoms with van der Waals surface area (Å²) in [6.45, 7) is 0. The number of nitrogen functional groups attached to an aromatic ring is 1. The van der Waals surface area contributed by atoms with Gasteiger partial charge in [-0.3, -0.25) is 0 Å². The van der Waals surface area contributed by atoms with E-state index >= 15 is 0 Å². The molecular weight excluding hydrogens is 238 g/mol. The molecule has 0 atom stereocenters. The lowest BCUT2D eigenvalue weighted by molar-refractivity contribution is 0.473. The van der Waals surface area contributed by atoms with Crippen molar-refractivity contribution in [2.75, 3.05) is 5.73 Å². The van der Waals surface area contributed by atoms with Crippen LogP contribution in [0.5, 0.6) is 5.75 Å². The second-order valence-corrected chi connectivity index (χ2v) is 4.46. The third-order valence-electron chi connectivity index (χ3n) is 1.60. The average molecular weight is 244 g/mol. The first-order valence-corrected chi connectivity index (χ1v) is 4.95. The SMILES string of the molecule is Nc1cc2cc(Br)c(O)cc2s1. The van der Waals surface area contributed by atoms with E-state index in [0.717, 1.165) is 15.1 Å². The molecule has 0 spiro atoms. The number of benzene rings is 1. The number of fused-ring (bicyclic) bond motifs is 1. The number of hydrogen-bond acceptors (Lipinski definition) is 3. The zero-order valence-corrected chi connectivity index (χ0v) is 8.45. The van der Waals surface area contributed by atoms with E-state index in [-0.39, 0.29) is 5.75 Å².